The zero-order valence-electron chi connectivity index (χ0n) is 20.2. The molecule has 3 aliphatic heterocycles. The number of carboxylic acid groups (broad SMARTS) is 1. The van der Waals surface area contributed by atoms with E-state index < -0.39 is 34.9 Å². The third-order valence-corrected chi connectivity index (χ3v) is 10.6. The number of thiazole rings is 1. The average Bonchev–Trinajstić information content (AvgIpc) is 3.63. The number of thioether (sulfide) groups is 2. The van der Waals surface area contributed by atoms with Crippen LogP contribution in [0, 0.1) is 0 Å². The molecule has 0 aliphatic carbocycles. The molecule has 0 bridgehead atoms. The first-order chi connectivity index (χ1) is 18.2. The molecule has 1 unspecified atom stereocenters. The topological polar surface area (TPSA) is 184 Å². The summed E-state index contributed by atoms with van der Waals surface area (Å²) >= 11 is 5.20. The molecule has 17 heteroatoms. The highest BCUT2D eigenvalue weighted by Gasteiger charge is 2.54. The number of hydrogen-bond acceptors (Lipinski definition) is 13. The maximum Gasteiger partial charge on any atom is 0.352 e. The minimum Gasteiger partial charge on any atom is -0.477 e. The number of rotatable bonds is 9. The summed E-state index contributed by atoms with van der Waals surface area (Å²) in [4.78, 5) is 47.5. The number of amides is 2. The van der Waals surface area contributed by atoms with Crippen molar-refractivity contribution in [3.05, 3.63) is 28.2 Å². The van der Waals surface area contributed by atoms with Crippen LogP contribution in [0.15, 0.2) is 26.1 Å². The number of nitrogens with two attached hydrogens (primary N) is 1. The molecule has 2 aromatic heterocycles. The number of oxime groups is 1. The number of nitrogen functional groups attached to an aromatic ring is 1. The van der Waals surface area contributed by atoms with Crippen molar-refractivity contribution in [3.8, 4) is 0 Å². The van der Waals surface area contributed by atoms with E-state index in [1.165, 1.54) is 41.3 Å². The molecule has 13 nitrogen and oxygen atoms in total. The quantitative estimate of drug-likeness (QED) is 0.0808. The van der Waals surface area contributed by atoms with Gasteiger partial charge in [0.25, 0.3) is 11.8 Å². The Morgan fingerprint density at radius 3 is 2.76 bits per heavy atom. The predicted octanol–water partition coefficient (Wildman–Crippen LogP) is 1.03. The lowest BCUT2D eigenvalue weighted by Gasteiger charge is -2.49. The van der Waals surface area contributed by atoms with Crippen molar-refractivity contribution in [3.63, 3.8) is 0 Å². The second-order valence-corrected chi connectivity index (χ2v) is 13.3. The molecular formula is C21H25N8O5S4+. The second kappa shape index (κ2) is 10.8. The van der Waals surface area contributed by atoms with Gasteiger partial charge < -0.3 is 25.8 Å². The lowest BCUT2D eigenvalue weighted by molar-refractivity contribution is -0.911. The van der Waals surface area contributed by atoms with Crippen LogP contribution in [-0.4, -0.2) is 101 Å². The van der Waals surface area contributed by atoms with E-state index >= 15 is 0 Å². The summed E-state index contributed by atoms with van der Waals surface area (Å²) in [5.74, 6) is -2.02. The Morgan fingerprint density at radius 2 is 2.11 bits per heavy atom. The Kier molecular flexibility index (Phi) is 7.63. The number of hydrogen-bond donors (Lipinski definition) is 4. The van der Waals surface area contributed by atoms with Crippen LogP contribution in [-0.2, 0) is 20.9 Å². The molecule has 0 spiro atoms. The Balaban J connectivity index is 1.24. The van der Waals surface area contributed by atoms with Crippen LogP contribution >= 0.6 is 46.4 Å². The van der Waals surface area contributed by atoms with E-state index in [1.54, 1.807) is 11.3 Å². The monoisotopic (exact) mass is 597 g/mol. The third kappa shape index (κ3) is 5.25. The predicted molar refractivity (Wildman–Crippen MR) is 144 cm³/mol. The molecule has 202 valence electrons. The highest BCUT2D eigenvalue weighted by atomic mass is 32.2. The van der Waals surface area contributed by atoms with Gasteiger partial charge in [0.05, 0.1) is 20.1 Å². The number of fused-ring (bicyclic) bond motifs is 1. The number of nitrogens with zero attached hydrogens (tertiary/aromatic N) is 6. The smallest absolute Gasteiger partial charge is 0.352 e. The number of carboxylic acids is 1. The molecule has 2 fully saturated rings. The first-order valence-electron chi connectivity index (χ1n) is 11.6. The third-order valence-electron chi connectivity index (χ3n) is 6.60. The van der Waals surface area contributed by atoms with Gasteiger partial charge in [0.1, 0.15) is 29.4 Å². The Bertz CT molecular complexity index is 1330. The van der Waals surface area contributed by atoms with Gasteiger partial charge in [-0.2, -0.15) is 9.36 Å². The summed E-state index contributed by atoms with van der Waals surface area (Å²) in [6, 6.07) is -0.986. The van der Waals surface area contributed by atoms with Crippen molar-refractivity contribution in [2.45, 2.75) is 35.1 Å². The number of carbonyl (C=O) groups excluding carboxylic acids is 2. The van der Waals surface area contributed by atoms with Gasteiger partial charge in [0.15, 0.2) is 9.47 Å². The van der Waals surface area contributed by atoms with Gasteiger partial charge in [-0.05, 0) is 5.57 Å². The molecule has 0 aromatic carbocycles. The molecule has 2 saturated heterocycles. The number of carbonyl (C=O) groups is 3. The van der Waals surface area contributed by atoms with Gasteiger partial charge >= 0.3 is 5.97 Å². The first-order valence-corrected chi connectivity index (χ1v) is 15.3. The molecule has 0 radical (unpaired) electrons. The van der Waals surface area contributed by atoms with Gasteiger partial charge in [0.2, 0.25) is 11.5 Å². The van der Waals surface area contributed by atoms with Gasteiger partial charge in [0, 0.05) is 41.3 Å². The van der Waals surface area contributed by atoms with Crippen LogP contribution in [0.1, 0.15) is 24.4 Å². The fourth-order valence-corrected chi connectivity index (χ4v) is 8.51. The molecule has 2 atom stereocenters. The minimum atomic E-state index is -1.20. The highest BCUT2D eigenvalue weighted by molar-refractivity contribution is 8.01. The van der Waals surface area contributed by atoms with Crippen molar-refractivity contribution >= 4 is 75.0 Å². The minimum absolute atomic E-state index is 0.0614. The summed E-state index contributed by atoms with van der Waals surface area (Å²) in [5.41, 5.74) is 6.64. The molecule has 2 aromatic rings. The van der Waals surface area contributed by atoms with Gasteiger partial charge in [-0.3, -0.25) is 14.5 Å². The van der Waals surface area contributed by atoms with Gasteiger partial charge in [-0.15, -0.1) is 23.1 Å². The number of nitrogens with one attached hydrogen (secondary N) is 1. The van der Waals surface area contributed by atoms with Crippen molar-refractivity contribution in [2.24, 2.45) is 5.16 Å². The lowest BCUT2D eigenvalue weighted by Crippen LogP contribution is -2.71. The summed E-state index contributed by atoms with van der Waals surface area (Å²) in [5, 5.41) is 26.2. The highest BCUT2D eigenvalue weighted by Crippen LogP contribution is 2.42. The van der Waals surface area contributed by atoms with Crippen LogP contribution in [0.3, 0.4) is 0 Å². The van der Waals surface area contributed by atoms with E-state index in [0.717, 1.165) is 45.7 Å². The average molecular weight is 598 g/mol. The van der Waals surface area contributed by atoms with Crippen molar-refractivity contribution in [2.75, 3.05) is 37.4 Å². The zero-order chi connectivity index (χ0) is 27.0. The molecule has 5 heterocycles. The molecular weight excluding hydrogens is 573 g/mol. The van der Waals surface area contributed by atoms with Crippen LogP contribution in [0.5, 0.6) is 0 Å². The Hall–Kier alpha value is -2.73. The fourth-order valence-electron chi connectivity index (χ4n) is 4.75. The standard InChI is InChI=1S/C21H24N8O5S4/c1-29(4-2-3-5-29)6-11-9-37-21(23-11)36-8-10-7-35-18-13(17(31)28(18)14(10)19(32)33)24-16(30)12(26-34)15-25-20(22)38-27-15/h9,13,18H,2-8H2,1H3,(H4-,22,24,25,27,30,32,33,34)/p+1/t13-,18?/m1/s1. The van der Waals surface area contributed by atoms with Crippen LogP contribution in [0.2, 0.25) is 0 Å². The van der Waals surface area contributed by atoms with E-state index in [0.29, 0.717) is 17.1 Å². The van der Waals surface area contributed by atoms with Crippen LogP contribution in [0.4, 0.5) is 5.13 Å². The molecule has 2 amide bonds. The Labute approximate surface area is 233 Å². The van der Waals surface area contributed by atoms with E-state index in [1.807, 2.05) is 0 Å². The first kappa shape index (κ1) is 26.9. The number of aliphatic carboxylic acids is 1. The number of aromatic nitrogens is 3. The summed E-state index contributed by atoms with van der Waals surface area (Å²) in [7, 11) is 2.25. The van der Waals surface area contributed by atoms with Crippen LogP contribution in [0.25, 0.3) is 0 Å². The number of quaternary nitrogens is 1. The van der Waals surface area contributed by atoms with E-state index in [-0.39, 0.29) is 16.7 Å². The molecule has 5 N–H and O–H groups in total. The van der Waals surface area contributed by atoms with E-state index in [4.69, 9.17) is 10.7 Å². The van der Waals surface area contributed by atoms with Crippen LogP contribution < -0.4 is 11.1 Å². The summed E-state index contributed by atoms with van der Waals surface area (Å²) in [6.07, 6.45) is 2.47. The molecule has 3 aliphatic rings. The maximum absolute atomic E-state index is 12.9. The largest absolute Gasteiger partial charge is 0.477 e. The normalized spacial score (nSPS) is 22.8. The second-order valence-electron chi connectivity index (χ2n) is 9.35. The molecule has 0 saturated carbocycles. The van der Waals surface area contributed by atoms with E-state index in [2.05, 4.69) is 32.3 Å². The van der Waals surface area contributed by atoms with Crippen molar-refractivity contribution in [1.29, 1.82) is 0 Å². The molecule has 5 rings (SSSR count). The zero-order valence-corrected chi connectivity index (χ0v) is 23.5. The fraction of sp³-hybridized carbons (Fsp3) is 0.476. The van der Waals surface area contributed by atoms with Gasteiger partial charge in [-0.1, -0.05) is 16.9 Å². The molecule has 38 heavy (non-hydrogen) atoms. The lowest BCUT2D eigenvalue weighted by atomic mass is 10.0. The van der Waals surface area contributed by atoms with Crippen molar-refractivity contribution < 1.29 is 29.2 Å². The summed E-state index contributed by atoms with van der Waals surface area (Å²) in [6.45, 7) is 3.20. The SMILES string of the molecule is C[N+]1(Cc2csc(SCC3=C(C(=O)O)N4C(=O)[C@@H](NC(=O)/C(=N\O)c5nsc(N)n5)C4SC3)n2)CCCC1. The maximum atomic E-state index is 12.9. The van der Waals surface area contributed by atoms with Gasteiger partial charge in [-0.25, -0.2) is 9.78 Å². The summed E-state index contributed by atoms with van der Waals surface area (Å²) < 4.78 is 5.70. The Morgan fingerprint density at radius 1 is 1.34 bits per heavy atom. The number of anilines is 1. The van der Waals surface area contributed by atoms with Crippen molar-refractivity contribution in [1.82, 2.24) is 24.6 Å². The number of β-lactam (4-membered cyclic amide) rings is 1. The number of likely N-dealkylation sites (tertiary alicyclic amines) is 1. The van der Waals surface area contributed by atoms with E-state index in [9.17, 15) is 24.7 Å².